The predicted octanol–water partition coefficient (Wildman–Crippen LogP) is 5.77. The molecule has 0 heterocycles. The summed E-state index contributed by atoms with van der Waals surface area (Å²) in [7, 11) is 2.07. The van der Waals surface area contributed by atoms with Gasteiger partial charge < -0.3 is 5.32 Å². The Hall–Kier alpha value is -0.340. The van der Waals surface area contributed by atoms with Crippen LogP contribution in [0.25, 0.3) is 0 Å². The number of benzene rings is 1. The Balaban J connectivity index is 2.43. The van der Waals surface area contributed by atoms with Crippen molar-refractivity contribution in [2.75, 3.05) is 7.05 Å². The summed E-state index contributed by atoms with van der Waals surface area (Å²) >= 11 is 3.72. The van der Waals surface area contributed by atoms with Crippen molar-refractivity contribution in [2.24, 2.45) is 0 Å². The monoisotopic (exact) mass is 325 g/mol. The zero-order valence-corrected chi connectivity index (χ0v) is 14.2. The zero-order chi connectivity index (χ0) is 14.1. The Labute approximate surface area is 127 Å². The molecule has 0 saturated carbocycles. The van der Waals surface area contributed by atoms with Crippen molar-refractivity contribution in [3.8, 4) is 0 Å². The van der Waals surface area contributed by atoms with Crippen LogP contribution in [0.4, 0.5) is 0 Å². The van der Waals surface area contributed by atoms with E-state index in [0.717, 1.165) is 0 Å². The minimum atomic E-state index is 0.473. The second-order valence-electron chi connectivity index (χ2n) is 5.38. The molecule has 1 unspecified atom stereocenters. The van der Waals surface area contributed by atoms with E-state index in [0.29, 0.717) is 6.04 Å². The topological polar surface area (TPSA) is 12.0 Å². The van der Waals surface area contributed by atoms with E-state index in [1.54, 1.807) is 0 Å². The number of hydrogen-bond acceptors (Lipinski definition) is 1. The van der Waals surface area contributed by atoms with E-state index in [-0.39, 0.29) is 0 Å². The molecule has 1 atom stereocenters. The summed E-state index contributed by atoms with van der Waals surface area (Å²) < 4.78 is 1.26. The molecule has 2 heteroatoms. The van der Waals surface area contributed by atoms with Gasteiger partial charge in [0.25, 0.3) is 0 Å². The molecule has 0 fully saturated rings. The second-order valence-corrected chi connectivity index (χ2v) is 6.17. The lowest BCUT2D eigenvalue weighted by molar-refractivity contribution is 0.496. The maximum Gasteiger partial charge on any atom is 0.0328 e. The van der Waals surface area contributed by atoms with Crippen LogP contribution in [-0.2, 0) is 0 Å². The van der Waals surface area contributed by atoms with E-state index < -0.39 is 0 Å². The number of halogens is 1. The van der Waals surface area contributed by atoms with Crippen LogP contribution in [0, 0.1) is 6.92 Å². The van der Waals surface area contributed by atoms with Crippen molar-refractivity contribution in [1.82, 2.24) is 5.32 Å². The normalized spacial score (nSPS) is 12.6. The van der Waals surface area contributed by atoms with E-state index in [9.17, 15) is 0 Å². The van der Waals surface area contributed by atoms with Gasteiger partial charge in [-0.3, -0.25) is 0 Å². The van der Waals surface area contributed by atoms with Crippen molar-refractivity contribution in [3.05, 3.63) is 33.8 Å². The molecular formula is C17H28BrN. The molecular weight excluding hydrogens is 298 g/mol. The second kappa shape index (κ2) is 9.55. The zero-order valence-electron chi connectivity index (χ0n) is 12.6. The quantitative estimate of drug-likeness (QED) is 0.568. The molecule has 19 heavy (non-hydrogen) atoms. The van der Waals surface area contributed by atoms with Gasteiger partial charge in [-0.1, -0.05) is 79.6 Å². The van der Waals surface area contributed by atoms with Gasteiger partial charge in [0.2, 0.25) is 0 Å². The van der Waals surface area contributed by atoms with Gasteiger partial charge in [-0.05, 0) is 31.5 Å². The SMILES string of the molecule is CCCCCCCCC(NC)c1cccc(C)c1Br. The average molecular weight is 326 g/mol. The molecule has 1 N–H and O–H groups in total. The maximum absolute atomic E-state index is 3.72. The third kappa shape index (κ3) is 5.66. The fourth-order valence-corrected chi connectivity index (χ4v) is 3.06. The number of hydrogen-bond donors (Lipinski definition) is 1. The third-order valence-corrected chi connectivity index (χ3v) is 4.88. The van der Waals surface area contributed by atoms with E-state index >= 15 is 0 Å². The molecule has 0 amide bonds. The number of aryl methyl sites for hydroxylation is 1. The molecule has 108 valence electrons. The first-order valence-corrected chi connectivity index (χ1v) is 8.42. The van der Waals surface area contributed by atoms with E-state index in [2.05, 4.69) is 60.3 Å². The van der Waals surface area contributed by atoms with Gasteiger partial charge in [0.05, 0.1) is 0 Å². The molecule has 1 aromatic carbocycles. The van der Waals surface area contributed by atoms with Gasteiger partial charge in [-0.25, -0.2) is 0 Å². The fraction of sp³-hybridized carbons (Fsp3) is 0.647. The van der Waals surface area contributed by atoms with E-state index in [4.69, 9.17) is 0 Å². The molecule has 1 nitrogen and oxygen atoms in total. The van der Waals surface area contributed by atoms with Crippen molar-refractivity contribution in [1.29, 1.82) is 0 Å². The molecule has 1 aromatic rings. The summed E-state index contributed by atoms with van der Waals surface area (Å²) in [6, 6.07) is 7.02. The minimum Gasteiger partial charge on any atom is -0.313 e. The van der Waals surface area contributed by atoms with Crippen LogP contribution in [0.5, 0.6) is 0 Å². The standard InChI is InChI=1S/C17H28BrN/c1-4-5-6-7-8-9-13-16(19-3)15-12-10-11-14(2)17(15)18/h10-12,16,19H,4-9,13H2,1-3H3. The number of unbranched alkanes of at least 4 members (excludes halogenated alkanes) is 5. The highest BCUT2D eigenvalue weighted by Gasteiger charge is 2.12. The Morgan fingerprint density at radius 1 is 1.11 bits per heavy atom. The molecule has 0 aliphatic carbocycles. The van der Waals surface area contributed by atoms with Gasteiger partial charge >= 0.3 is 0 Å². The predicted molar refractivity (Wildman–Crippen MR) is 88.7 cm³/mol. The van der Waals surface area contributed by atoms with Gasteiger partial charge in [-0.15, -0.1) is 0 Å². The van der Waals surface area contributed by atoms with Crippen LogP contribution in [-0.4, -0.2) is 7.05 Å². The molecule has 0 spiro atoms. The highest BCUT2D eigenvalue weighted by atomic mass is 79.9. The summed E-state index contributed by atoms with van der Waals surface area (Å²) in [6.07, 6.45) is 9.41. The van der Waals surface area contributed by atoms with Crippen molar-refractivity contribution < 1.29 is 0 Å². The first-order chi connectivity index (χ1) is 9.20. The van der Waals surface area contributed by atoms with Gasteiger partial charge in [0, 0.05) is 10.5 Å². The van der Waals surface area contributed by atoms with E-state index in [1.807, 2.05) is 0 Å². The molecule has 0 aliphatic rings. The molecule has 0 aliphatic heterocycles. The lowest BCUT2D eigenvalue weighted by Crippen LogP contribution is -2.17. The van der Waals surface area contributed by atoms with Crippen LogP contribution in [0.15, 0.2) is 22.7 Å². The summed E-state index contributed by atoms with van der Waals surface area (Å²) in [6.45, 7) is 4.43. The van der Waals surface area contributed by atoms with Crippen molar-refractivity contribution in [3.63, 3.8) is 0 Å². The van der Waals surface area contributed by atoms with Crippen molar-refractivity contribution >= 4 is 15.9 Å². The van der Waals surface area contributed by atoms with Crippen LogP contribution < -0.4 is 5.32 Å². The lowest BCUT2D eigenvalue weighted by atomic mass is 9.98. The third-order valence-electron chi connectivity index (χ3n) is 3.79. The van der Waals surface area contributed by atoms with Crippen LogP contribution >= 0.6 is 15.9 Å². The van der Waals surface area contributed by atoms with Crippen LogP contribution in [0.2, 0.25) is 0 Å². The molecule has 1 rings (SSSR count). The van der Waals surface area contributed by atoms with Gasteiger partial charge in [0.15, 0.2) is 0 Å². The molecule has 0 aromatic heterocycles. The van der Waals surface area contributed by atoms with Crippen LogP contribution in [0.3, 0.4) is 0 Å². The average Bonchev–Trinajstić information content (AvgIpc) is 2.42. The highest BCUT2D eigenvalue weighted by molar-refractivity contribution is 9.10. The smallest absolute Gasteiger partial charge is 0.0328 e. The Kier molecular flexibility index (Phi) is 8.40. The first-order valence-electron chi connectivity index (χ1n) is 7.63. The first kappa shape index (κ1) is 16.7. The van der Waals surface area contributed by atoms with Crippen molar-refractivity contribution in [2.45, 2.75) is 64.8 Å². The van der Waals surface area contributed by atoms with Gasteiger partial charge in [-0.2, -0.15) is 0 Å². The molecule has 0 saturated heterocycles. The summed E-state index contributed by atoms with van der Waals surface area (Å²) in [4.78, 5) is 0. The maximum atomic E-state index is 3.72. The minimum absolute atomic E-state index is 0.473. The summed E-state index contributed by atoms with van der Waals surface area (Å²) in [5.41, 5.74) is 2.72. The fourth-order valence-electron chi connectivity index (χ4n) is 2.52. The number of nitrogens with one attached hydrogen (secondary N) is 1. The summed E-state index contributed by atoms with van der Waals surface area (Å²) in [5, 5.41) is 3.46. The Morgan fingerprint density at radius 2 is 1.79 bits per heavy atom. The van der Waals surface area contributed by atoms with Crippen LogP contribution in [0.1, 0.15) is 69.0 Å². The molecule has 0 radical (unpaired) electrons. The Bertz CT molecular complexity index is 362. The highest BCUT2D eigenvalue weighted by Crippen LogP contribution is 2.29. The molecule has 0 bridgehead atoms. The largest absolute Gasteiger partial charge is 0.313 e. The number of rotatable bonds is 9. The lowest BCUT2D eigenvalue weighted by Gasteiger charge is -2.19. The van der Waals surface area contributed by atoms with E-state index in [1.165, 1.54) is 60.5 Å². The van der Waals surface area contributed by atoms with Gasteiger partial charge in [0.1, 0.15) is 0 Å². The Morgan fingerprint density at radius 3 is 2.47 bits per heavy atom. The summed E-state index contributed by atoms with van der Waals surface area (Å²) in [5.74, 6) is 0.